The molecule has 1 heterocycles. The van der Waals surface area contributed by atoms with Crippen molar-refractivity contribution in [1.82, 2.24) is 9.97 Å². The summed E-state index contributed by atoms with van der Waals surface area (Å²) in [6.07, 6.45) is 1.78. The number of hydrogen-bond donors (Lipinski definition) is 1. The Labute approximate surface area is 118 Å². The molecule has 0 saturated heterocycles. The lowest BCUT2D eigenvalue weighted by Crippen LogP contribution is -2.13. The number of nitriles is 1. The van der Waals surface area contributed by atoms with Crippen molar-refractivity contribution in [3.8, 4) is 6.07 Å². The van der Waals surface area contributed by atoms with E-state index in [2.05, 4.69) is 23.0 Å². The Morgan fingerprint density at radius 2 is 1.95 bits per heavy atom. The van der Waals surface area contributed by atoms with Crippen molar-refractivity contribution in [2.45, 2.75) is 19.8 Å². The quantitative estimate of drug-likeness (QED) is 0.921. The standard InChI is InChI=1S/C15H17N5/c1-3-4-14-18-13(17)9-15(19-14)20(2)12-7-5-11(10-16)6-8-12/h5-9H,3-4H2,1-2H3,(H2,17,18,19). The third-order valence-electron chi connectivity index (χ3n) is 2.98. The van der Waals surface area contributed by atoms with Gasteiger partial charge in [0.05, 0.1) is 11.6 Å². The zero-order valence-corrected chi connectivity index (χ0v) is 11.7. The van der Waals surface area contributed by atoms with E-state index in [0.29, 0.717) is 11.4 Å². The maximum atomic E-state index is 8.82. The summed E-state index contributed by atoms with van der Waals surface area (Å²) in [6, 6.07) is 11.2. The molecule has 5 nitrogen and oxygen atoms in total. The summed E-state index contributed by atoms with van der Waals surface area (Å²) in [5, 5.41) is 8.82. The smallest absolute Gasteiger partial charge is 0.138 e. The highest BCUT2D eigenvalue weighted by Gasteiger charge is 2.09. The Bertz CT molecular complexity index is 628. The molecule has 1 aromatic heterocycles. The first-order valence-electron chi connectivity index (χ1n) is 6.51. The predicted octanol–water partition coefficient (Wildman–Crippen LogP) is 2.65. The molecule has 0 fully saturated rings. The molecule has 0 radical (unpaired) electrons. The van der Waals surface area contributed by atoms with Crippen LogP contribution in [0.15, 0.2) is 30.3 Å². The van der Waals surface area contributed by atoms with E-state index in [1.54, 1.807) is 18.2 Å². The molecule has 2 N–H and O–H groups in total. The molecule has 0 bridgehead atoms. The molecule has 2 aromatic rings. The average molecular weight is 267 g/mol. The maximum absolute atomic E-state index is 8.82. The number of aryl methyl sites for hydroxylation is 1. The first kappa shape index (κ1) is 13.8. The summed E-state index contributed by atoms with van der Waals surface area (Å²) in [7, 11) is 1.92. The minimum atomic E-state index is 0.471. The van der Waals surface area contributed by atoms with Gasteiger partial charge in [-0.2, -0.15) is 5.26 Å². The van der Waals surface area contributed by atoms with Crippen molar-refractivity contribution >= 4 is 17.3 Å². The Kier molecular flexibility index (Phi) is 4.16. The van der Waals surface area contributed by atoms with Crippen LogP contribution in [0, 0.1) is 11.3 Å². The fraction of sp³-hybridized carbons (Fsp3) is 0.267. The summed E-state index contributed by atoms with van der Waals surface area (Å²) < 4.78 is 0. The first-order chi connectivity index (χ1) is 9.63. The summed E-state index contributed by atoms with van der Waals surface area (Å²) >= 11 is 0. The Balaban J connectivity index is 2.31. The fourth-order valence-corrected chi connectivity index (χ4v) is 1.90. The van der Waals surface area contributed by atoms with Crippen LogP contribution in [0.4, 0.5) is 17.3 Å². The molecule has 0 unspecified atom stereocenters. The summed E-state index contributed by atoms with van der Waals surface area (Å²) in [5.41, 5.74) is 7.41. The van der Waals surface area contributed by atoms with Crippen LogP contribution < -0.4 is 10.6 Å². The second-order valence-corrected chi connectivity index (χ2v) is 4.53. The second-order valence-electron chi connectivity index (χ2n) is 4.53. The van der Waals surface area contributed by atoms with Gasteiger partial charge in [0.2, 0.25) is 0 Å². The number of nitrogens with zero attached hydrogens (tertiary/aromatic N) is 4. The molecule has 0 atom stereocenters. The molecular weight excluding hydrogens is 250 g/mol. The fourth-order valence-electron chi connectivity index (χ4n) is 1.90. The number of benzene rings is 1. The number of hydrogen-bond acceptors (Lipinski definition) is 5. The normalized spacial score (nSPS) is 10.1. The SMILES string of the molecule is CCCc1nc(N)cc(N(C)c2ccc(C#N)cc2)n1. The van der Waals surface area contributed by atoms with Crippen molar-refractivity contribution in [2.75, 3.05) is 17.7 Å². The largest absolute Gasteiger partial charge is 0.384 e. The van der Waals surface area contributed by atoms with Crippen molar-refractivity contribution in [3.63, 3.8) is 0 Å². The number of rotatable bonds is 4. The highest BCUT2D eigenvalue weighted by atomic mass is 15.2. The summed E-state index contributed by atoms with van der Waals surface area (Å²) in [5.74, 6) is 1.98. The predicted molar refractivity (Wildman–Crippen MR) is 79.7 cm³/mol. The van der Waals surface area contributed by atoms with Gasteiger partial charge in [0, 0.05) is 25.2 Å². The lowest BCUT2D eigenvalue weighted by Gasteiger charge is -2.19. The van der Waals surface area contributed by atoms with Gasteiger partial charge < -0.3 is 10.6 Å². The van der Waals surface area contributed by atoms with Gasteiger partial charge in [-0.15, -0.1) is 0 Å². The Morgan fingerprint density at radius 1 is 1.25 bits per heavy atom. The average Bonchev–Trinajstić information content (AvgIpc) is 2.46. The number of aromatic nitrogens is 2. The van der Waals surface area contributed by atoms with Gasteiger partial charge in [0.1, 0.15) is 17.5 Å². The van der Waals surface area contributed by atoms with Gasteiger partial charge in [0.25, 0.3) is 0 Å². The number of nitrogens with two attached hydrogens (primary N) is 1. The third kappa shape index (κ3) is 3.04. The van der Waals surface area contributed by atoms with Gasteiger partial charge in [-0.3, -0.25) is 0 Å². The lowest BCUT2D eigenvalue weighted by atomic mass is 10.2. The molecule has 0 amide bonds. The Hall–Kier alpha value is -2.61. The zero-order valence-electron chi connectivity index (χ0n) is 11.7. The molecule has 0 aliphatic heterocycles. The molecule has 5 heteroatoms. The lowest BCUT2D eigenvalue weighted by molar-refractivity contribution is 0.834. The van der Waals surface area contributed by atoms with Crippen LogP contribution in [0.25, 0.3) is 0 Å². The van der Waals surface area contributed by atoms with E-state index in [-0.39, 0.29) is 0 Å². The molecule has 0 saturated carbocycles. The highest BCUT2D eigenvalue weighted by Crippen LogP contribution is 2.23. The summed E-state index contributed by atoms with van der Waals surface area (Å²) in [4.78, 5) is 10.7. The van der Waals surface area contributed by atoms with Crippen LogP contribution in [0.5, 0.6) is 0 Å². The minimum Gasteiger partial charge on any atom is -0.384 e. The summed E-state index contributed by atoms with van der Waals surface area (Å²) in [6.45, 7) is 2.08. The zero-order chi connectivity index (χ0) is 14.5. The van der Waals surface area contributed by atoms with Crippen LogP contribution in [-0.4, -0.2) is 17.0 Å². The highest BCUT2D eigenvalue weighted by molar-refractivity contribution is 5.62. The molecule has 0 spiro atoms. The van der Waals surface area contributed by atoms with Gasteiger partial charge in [-0.1, -0.05) is 6.92 Å². The molecule has 0 aliphatic rings. The second kappa shape index (κ2) is 6.02. The molecule has 0 aliphatic carbocycles. The molecule has 1 aromatic carbocycles. The van der Waals surface area contributed by atoms with Crippen LogP contribution >= 0.6 is 0 Å². The first-order valence-corrected chi connectivity index (χ1v) is 6.51. The minimum absolute atomic E-state index is 0.471. The monoisotopic (exact) mass is 267 g/mol. The van der Waals surface area contributed by atoms with E-state index in [1.807, 2.05) is 24.1 Å². The molecular formula is C15H17N5. The van der Waals surface area contributed by atoms with E-state index in [0.717, 1.165) is 30.2 Å². The van der Waals surface area contributed by atoms with Gasteiger partial charge in [-0.25, -0.2) is 9.97 Å². The van der Waals surface area contributed by atoms with Crippen molar-refractivity contribution < 1.29 is 0 Å². The Morgan fingerprint density at radius 3 is 2.55 bits per heavy atom. The van der Waals surface area contributed by atoms with Gasteiger partial charge in [0.15, 0.2) is 0 Å². The maximum Gasteiger partial charge on any atom is 0.138 e. The van der Waals surface area contributed by atoms with Crippen molar-refractivity contribution in [1.29, 1.82) is 5.26 Å². The van der Waals surface area contributed by atoms with Crippen LogP contribution in [0.1, 0.15) is 24.7 Å². The van der Waals surface area contributed by atoms with Crippen LogP contribution in [-0.2, 0) is 6.42 Å². The molecule has 20 heavy (non-hydrogen) atoms. The van der Waals surface area contributed by atoms with Crippen LogP contribution in [0.3, 0.4) is 0 Å². The van der Waals surface area contributed by atoms with Crippen molar-refractivity contribution in [3.05, 3.63) is 41.7 Å². The van der Waals surface area contributed by atoms with E-state index in [9.17, 15) is 0 Å². The van der Waals surface area contributed by atoms with Gasteiger partial charge >= 0.3 is 0 Å². The number of nitrogen functional groups attached to an aromatic ring is 1. The van der Waals surface area contributed by atoms with E-state index in [1.165, 1.54) is 0 Å². The molecule has 2 rings (SSSR count). The van der Waals surface area contributed by atoms with E-state index >= 15 is 0 Å². The van der Waals surface area contributed by atoms with E-state index < -0.39 is 0 Å². The topological polar surface area (TPSA) is 78.8 Å². The van der Waals surface area contributed by atoms with Gasteiger partial charge in [-0.05, 0) is 30.7 Å². The van der Waals surface area contributed by atoms with Crippen molar-refractivity contribution in [2.24, 2.45) is 0 Å². The number of anilines is 3. The van der Waals surface area contributed by atoms with E-state index in [4.69, 9.17) is 11.0 Å². The third-order valence-corrected chi connectivity index (χ3v) is 2.98. The van der Waals surface area contributed by atoms with Crippen LogP contribution in [0.2, 0.25) is 0 Å². The molecule has 102 valence electrons.